The highest BCUT2D eigenvalue weighted by atomic mass is 16.5. The molecule has 26 heavy (non-hydrogen) atoms. The third-order valence-corrected chi connectivity index (χ3v) is 4.53. The van der Waals surface area contributed by atoms with E-state index in [9.17, 15) is 9.59 Å². The standard InChI is InChI=1S/C21H24N2O3/c1-2-26-19-10-8-17(9-11-19)16-20(24)22-12-14-23(15-13-22)21(25)18-6-4-3-5-7-18/h3-11H,2,12-16H2,1H3. The number of benzene rings is 2. The summed E-state index contributed by atoms with van der Waals surface area (Å²) in [6.07, 6.45) is 0.374. The van der Waals surface area contributed by atoms with Gasteiger partial charge < -0.3 is 14.5 Å². The molecule has 5 heteroatoms. The Hall–Kier alpha value is -2.82. The van der Waals surface area contributed by atoms with Crippen LogP contribution in [0.15, 0.2) is 54.6 Å². The van der Waals surface area contributed by atoms with Crippen LogP contribution in [0.25, 0.3) is 0 Å². The average molecular weight is 352 g/mol. The summed E-state index contributed by atoms with van der Waals surface area (Å²) >= 11 is 0. The Balaban J connectivity index is 1.51. The van der Waals surface area contributed by atoms with Gasteiger partial charge in [0.15, 0.2) is 0 Å². The SMILES string of the molecule is CCOc1ccc(CC(=O)N2CCN(C(=O)c3ccccc3)CC2)cc1. The molecule has 3 rings (SSSR count). The summed E-state index contributed by atoms with van der Waals surface area (Å²) in [4.78, 5) is 28.6. The van der Waals surface area contributed by atoms with E-state index < -0.39 is 0 Å². The predicted octanol–water partition coefficient (Wildman–Crippen LogP) is 2.61. The van der Waals surface area contributed by atoms with E-state index in [1.807, 2.05) is 71.3 Å². The summed E-state index contributed by atoms with van der Waals surface area (Å²) in [5.41, 5.74) is 1.67. The van der Waals surface area contributed by atoms with E-state index in [4.69, 9.17) is 4.74 Å². The molecule has 0 saturated carbocycles. The Morgan fingerprint density at radius 2 is 1.50 bits per heavy atom. The molecule has 1 saturated heterocycles. The molecule has 1 aliphatic rings. The molecule has 1 fully saturated rings. The van der Waals surface area contributed by atoms with Crippen LogP contribution in [0.4, 0.5) is 0 Å². The van der Waals surface area contributed by atoms with Crippen LogP contribution < -0.4 is 4.74 Å². The second-order valence-electron chi connectivity index (χ2n) is 6.29. The number of carbonyl (C=O) groups is 2. The zero-order valence-electron chi connectivity index (χ0n) is 15.1. The number of ether oxygens (including phenoxy) is 1. The highest BCUT2D eigenvalue weighted by molar-refractivity contribution is 5.94. The third kappa shape index (κ3) is 4.42. The summed E-state index contributed by atoms with van der Waals surface area (Å²) < 4.78 is 5.42. The van der Waals surface area contributed by atoms with Gasteiger partial charge in [0.2, 0.25) is 5.91 Å². The largest absolute Gasteiger partial charge is 0.494 e. The molecule has 5 nitrogen and oxygen atoms in total. The zero-order valence-corrected chi connectivity index (χ0v) is 15.1. The topological polar surface area (TPSA) is 49.9 Å². The van der Waals surface area contributed by atoms with Gasteiger partial charge in [-0.15, -0.1) is 0 Å². The van der Waals surface area contributed by atoms with Crippen molar-refractivity contribution in [1.29, 1.82) is 0 Å². The van der Waals surface area contributed by atoms with E-state index in [2.05, 4.69) is 0 Å². The summed E-state index contributed by atoms with van der Waals surface area (Å²) in [6, 6.07) is 16.9. The lowest BCUT2D eigenvalue weighted by Gasteiger charge is -2.35. The van der Waals surface area contributed by atoms with Gasteiger partial charge in [0.05, 0.1) is 13.0 Å². The van der Waals surface area contributed by atoms with Crippen LogP contribution in [0, 0.1) is 0 Å². The maximum absolute atomic E-state index is 12.5. The van der Waals surface area contributed by atoms with E-state index in [1.54, 1.807) is 0 Å². The van der Waals surface area contributed by atoms with Gasteiger partial charge in [-0.2, -0.15) is 0 Å². The van der Waals surface area contributed by atoms with Crippen molar-refractivity contribution in [3.63, 3.8) is 0 Å². The predicted molar refractivity (Wildman–Crippen MR) is 100 cm³/mol. The smallest absolute Gasteiger partial charge is 0.253 e. The van der Waals surface area contributed by atoms with Gasteiger partial charge in [-0.1, -0.05) is 30.3 Å². The van der Waals surface area contributed by atoms with Gasteiger partial charge in [-0.25, -0.2) is 0 Å². The lowest BCUT2D eigenvalue weighted by Crippen LogP contribution is -2.51. The van der Waals surface area contributed by atoms with Crippen molar-refractivity contribution in [3.8, 4) is 5.75 Å². The van der Waals surface area contributed by atoms with E-state index >= 15 is 0 Å². The zero-order chi connectivity index (χ0) is 18.4. The maximum Gasteiger partial charge on any atom is 0.253 e. The van der Waals surface area contributed by atoms with Crippen LogP contribution in [-0.4, -0.2) is 54.4 Å². The highest BCUT2D eigenvalue weighted by Crippen LogP contribution is 2.14. The molecule has 1 heterocycles. The second kappa shape index (κ2) is 8.52. The number of piperazine rings is 1. The molecule has 0 atom stereocenters. The normalized spacial score (nSPS) is 14.2. The molecule has 2 aromatic rings. The Morgan fingerprint density at radius 1 is 0.885 bits per heavy atom. The Bertz CT molecular complexity index is 736. The molecule has 0 spiro atoms. The highest BCUT2D eigenvalue weighted by Gasteiger charge is 2.24. The third-order valence-electron chi connectivity index (χ3n) is 4.53. The van der Waals surface area contributed by atoms with Crippen molar-refractivity contribution in [2.75, 3.05) is 32.8 Å². The van der Waals surface area contributed by atoms with Gasteiger partial charge in [-0.05, 0) is 36.8 Å². The minimum atomic E-state index is 0.0317. The maximum atomic E-state index is 12.5. The van der Waals surface area contributed by atoms with Crippen molar-refractivity contribution in [3.05, 3.63) is 65.7 Å². The fraction of sp³-hybridized carbons (Fsp3) is 0.333. The molecule has 0 radical (unpaired) electrons. The quantitative estimate of drug-likeness (QED) is 0.831. The van der Waals surface area contributed by atoms with Gasteiger partial charge >= 0.3 is 0 Å². The van der Waals surface area contributed by atoms with E-state index in [-0.39, 0.29) is 11.8 Å². The summed E-state index contributed by atoms with van der Waals surface area (Å²) in [5, 5.41) is 0. The van der Waals surface area contributed by atoms with Gasteiger partial charge in [0.1, 0.15) is 5.75 Å². The van der Waals surface area contributed by atoms with Crippen LogP contribution in [0.5, 0.6) is 5.75 Å². The number of hydrogen-bond acceptors (Lipinski definition) is 3. The molecular formula is C21H24N2O3. The van der Waals surface area contributed by atoms with Crippen molar-refractivity contribution >= 4 is 11.8 Å². The number of rotatable bonds is 5. The Kier molecular flexibility index (Phi) is 5.89. The average Bonchev–Trinajstić information content (AvgIpc) is 2.70. The molecule has 0 unspecified atom stereocenters. The number of carbonyl (C=O) groups excluding carboxylic acids is 2. The molecular weight excluding hydrogens is 328 g/mol. The van der Waals surface area contributed by atoms with E-state index in [0.717, 1.165) is 11.3 Å². The van der Waals surface area contributed by atoms with Crippen LogP contribution in [0.1, 0.15) is 22.8 Å². The summed E-state index contributed by atoms with van der Waals surface area (Å²) in [6.45, 7) is 4.87. The van der Waals surface area contributed by atoms with Crippen molar-refractivity contribution in [1.82, 2.24) is 9.80 Å². The van der Waals surface area contributed by atoms with Crippen LogP contribution in [0.2, 0.25) is 0 Å². The van der Waals surface area contributed by atoms with Crippen molar-refractivity contribution in [2.45, 2.75) is 13.3 Å². The van der Waals surface area contributed by atoms with Gasteiger partial charge in [0, 0.05) is 31.7 Å². The van der Waals surface area contributed by atoms with Crippen LogP contribution in [0.3, 0.4) is 0 Å². The molecule has 2 aromatic carbocycles. The number of amides is 2. The first-order valence-electron chi connectivity index (χ1n) is 9.01. The second-order valence-corrected chi connectivity index (χ2v) is 6.29. The monoisotopic (exact) mass is 352 g/mol. The first-order valence-corrected chi connectivity index (χ1v) is 9.01. The summed E-state index contributed by atoms with van der Waals surface area (Å²) in [7, 11) is 0. The van der Waals surface area contributed by atoms with Crippen LogP contribution >= 0.6 is 0 Å². The first-order chi connectivity index (χ1) is 12.7. The minimum absolute atomic E-state index is 0.0317. The first kappa shape index (κ1) is 18.0. The molecule has 2 amide bonds. The molecule has 0 bridgehead atoms. The van der Waals surface area contributed by atoms with Gasteiger partial charge in [-0.3, -0.25) is 9.59 Å². The van der Waals surface area contributed by atoms with E-state index in [0.29, 0.717) is 44.8 Å². The molecule has 1 aliphatic heterocycles. The molecule has 0 aliphatic carbocycles. The fourth-order valence-corrected chi connectivity index (χ4v) is 3.08. The molecule has 136 valence electrons. The van der Waals surface area contributed by atoms with Crippen LogP contribution in [-0.2, 0) is 11.2 Å². The van der Waals surface area contributed by atoms with Gasteiger partial charge in [0.25, 0.3) is 5.91 Å². The molecule has 0 N–H and O–H groups in total. The minimum Gasteiger partial charge on any atom is -0.494 e. The number of hydrogen-bond donors (Lipinski definition) is 0. The summed E-state index contributed by atoms with van der Waals surface area (Å²) in [5.74, 6) is 0.946. The molecule has 0 aromatic heterocycles. The Labute approximate surface area is 154 Å². The lowest BCUT2D eigenvalue weighted by atomic mass is 10.1. The number of nitrogens with zero attached hydrogens (tertiary/aromatic N) is 2. The van der Waals surface area contributed by atoms with Crippen molar-refractivity contribution in [2.24, 2.45) is 0 Å². The lowest BCUT2D eigenvalue weighted by molar-refractivity contribution is -0.131. The van der Waals surface area contributed by atoms with Crippen molar-refractivity contribution < 1.29 is 14.3 Å². The Morgan fingerprint density at radius 3 is 2.12 bits per heavy atom. The fourth-order valence-electron chi connectivity index (χ4n) is 3.08. The van der Waals surface area contributed by atoms with E-state index in [1.165, 1.54) is 0 Å².